The number of rotatable bonds is 14. The van der Waals surface area contributed by atoms with Crippen LogP contribution >= 0.6 is 0 Å². The van der Waals surface area contributed by atoms with Gasteiger partial charge in [-0.05, 0) is 75.2 Å². The minimum absolute atomic E-state index is 0.0708. The van der Waals surface area contributed by atoms with Crippen molar-refractivity contribution in [2.45, 2.75) is 117 Å². The van der Waals surface area contributed by atoms with Gasteiger partial charge in [-0.25, -0.2) is 9.78 Å². The zero-order valence-corrected chi connectivity index (χ0v) is 30.5. The number of nitrogens with one attached hydrogen (secondary N) is 3. The number of imidazole rings is 1. The Morgan fingerprint density at radius 1 is 0.870 bits per heavy atom. The molecule has 2 aromatic carbocycles. The number of alkyl carbamates (subject to hydrolysis) is 1. The van der Waals surface area contributed by atoms with E-state index in [1.165, 1.54) is 0 Å². The Morgan fingerprint density at radius 2 is 1.43 bits per heavy atom. The van der Waals surface area contributed by atoms with Crippen molar-refractivity contribution in [2.75, 3.05) is 0 Å². The van der Waals surface area contributed by atoms with Crippen LogP contribution in [0.15, 0.2) is 73.1 Å². The lowest BCUT2D eigenvalue weighted by atomic mass is 9.88. The normalized spacial score (nSPS) is 15.1. The smallest absolute Gasteiger partial charge is 0.407 e. The number of carbonyl (C=O) groups excluding carboxylic acids is 2. The molecule has 3 aromatic rings. The second kappa shape index (κ2) is 15.9. The lowest BCUT2D eigenvalue weighted by Gasteiger charge is -2.42. The van der Waals surface area contributed by atoms with Crippen LogP contribution in [0.25, 0.3) is 0 Å². The van der Waals surface area contributed by atoms with Crippen LogP contribution in [-0.4, -0.2) is 48.0 Å². The maximum Gasteiger partial charge on any atom is 0.407 e. The molecular weight excluding hydrogens is 593 g/mol. The van der Waals surface area contributed by atoms with Crippen molar-refractivity contribution >= 4 is 20.3 Å². The van der Waals surface area contributed by atoms with E-state index in [9.17, 15) is 9.59 Å². The highest BCUT2D eigenvalue weighted by Gasteiger charge is 2.43. The molecule has 0 spiro atoms. The summed E-state index contributed by atoms with van der Waals surface area (Å²) in [6.45, 7) is 20.7. The van der Waals surface area contributed by atoms with E-state index in [0.29, 0.717) is 19.3 Å². The van der Waals surface area contributed by atoms with Gasteiger partial charge in [0.05, 0.1) is 18.2 Å². The molecule has 1 heterocycles. The van der Waals surface area contributed by atoms with Crippen molar-refractivity contribution in [1.82, 2.24) is 20.6 Å². The number of carbonyl (C=O) groups is 2. The van der Waals surface area contributed by atoms with Gasteiger partial charge in [0, 0.05) is 18.3 Å². The largest absolute Gasteiger partial charge is 0.444 e. The summed E-state index contributed by atoms with van der Waals surface area (Å²) in [4.78, 5) is 35.3. The highest BCUT2D eigenvalue weighted by atomic mass is 28.4. The van der Waals surface area contributed by atoms with Gasteiger partial charge in [-0.3, -0.25) is 4.79 Å². The molecule has 0 aliphatic heterocycles. The molecular formula is C37H56N4O4Si. The molecule has 0 saturated heterocycles. The molecule has 9 heteroatoms. The van der Waals surface area contributed by atoms with E-state index < -0.39 is 38.1 Å². The Bertz CT molecular complexity index is 1350. The Morgan fingerprint density at radius 3 is 1.91 bits per heavy atom. The van der Waals surface area contributed by atoms with Gasteiger partial charge in [0.1, 0.15) is 11.4 Å². The number of ether oxygens (including phenoxy) is 1. The molecule has 4 atom stereocenters. The molecule has 3 rings (SSSR count). The topological polar surface area (TPSA) is 105 Å². The Labute approximate surface area is 277 Å². The summed E-state index contributed by atoms with van der Waals surface area (Å²) in [7, 11) is -2.37. The highest BCUT2D eigenvalue weighted by molar-refractivity contribution is 6.74. The number of hydrogen-bond acceptors (Lipinski definition) is 5. The van der Waals surface area contributed by atoms with Crippen LogP contribution in [0.5, 0.6) is 0 Å². The van der Waals surface area contributed by atoms with Crippen LogP contribution in [0.4, 0.5) is 4.79 Å². The molecule has 0 bridgehead atoms. The van der Waals surface area contributed by atoms with Crippen molar-refractivity contribution in [2.24, 2.45) is 11.8 Å². The second-order valence-corrected chi connectivity index (χ2v) is 19.9. The second-order valence-electron chi connectivity index (χ2n) is 15.2. The molecule has 0 saturated carbocycles. The lowest BCUT2D eigenvalue weighted by molar-refractivity contribution is -0.127. The predicted octanol–water partition coefficient (Wildman–Crippen LogP) is 8.00. The third-order valence-corrected chi connectivity index (χ3v) is 13.2. The summed E-state index contributed by atoms with van der Waals surface area (Å²) in [5, 5.41) is 6.39. The van der Waals surface area contributed by atoms with Gasteiger partial charge >= 0.3 is 6.09 Å². The third-order valence-electron chi connectivity index (χ3n) is 8.69. The fourth-order valence-corrected chi connectivity index (χ4v) is 6.55. The molecule has 3 N–H and O–H groups in total. The van der Waals surface area contributed by atoms with Crippen molar-refractivity contribution in [3.63, 3.8) is 0 Å². The van der Waals surface area contributed by atoms with Crippen LogP contribution in [0.1, 0.15) is 84.8 Å². The van der Waals surface area contributed by atoms with Crippen LogP contribution in [0, 0.1) is 11.8 Å². The van der Waals surface area contributed by atoms with Crippen molar-refractivity contribution in [3.8, 4) is 0 Å². The van der Waals surface area contributed by atoms with Gasteiger partial charge in [0.25, 0.3) is 0 Å². The number of H-pyrrole nitrogens is 1. The quantitative estimate of drug-likeness (QED) is 0.154. The molecule has 46 heavy (non-hydrogen) atoms. The number of benzene rings is 2. The van der Waals surface area contributed by atoms with Crippen molar-refractivity contribution < 1.29 is 18.8 Å². The first-order chi connectivity index (χ1) is 21.4. The third kappa shape index (κ3) is 11.4. The monoisotopic (exact) mass is 648 g/mol. The fourth-order valence-electron chi connectivity index (χ4n) is 5.18. The highest BCUT2D eigenvalue weighted by Crippen LogP contribution is 2.39. The molecule has 0 aliphatic carbocycles. The van der Waals surface area contributed by atoms with E-state index >= 15 is 0 Å². The van der Waals surface area contributed by atoms with E-state index in [1.54, 1.807) is 12.4 Å². The first-order valence-corrected chi connectivity index (χ1v) is 19.4. The van der Waals surface area contributed by atoms with Crippen LogP contribution in [0.3, 0.4) is 0 Å². The molecule has 2 amide bonds. The Kier molecular flexibility index (Phi) is 12.8. The van der Waals surface area contributed by atoms with Gasteiger partial charge in [-0.15, -0.1) is 0 Å². The average Bonchev–Trinajstić information content (AvgIpc) is 3.48. The van der Waals surface area contributed by atoms with E-state index in [0.717, 1.165) is 17.0 Å². The Hall–Kier alpha value is -3.43. The molecule has 0 fully saturated rings. The summed E-state index contributed by atoms with van der Waals surface area (Å²) in [5.74, 6) is 0.335. The van der Waals surface area contributed by atoms with Gasteiger partial charge in [0.2, 0.25) is 5.91 Å². The standard InChI is InChI=1S/C37H56N4O4Si/c1-26(2)32(33-38-21-22-39-33)41-34(42)29(23-27-17-13-11-14-18-27)25-31(45-46(9,10)37(6,7)8)30(24-28-19-15-12-16-20-28)40-35(43)44-36(3,4)5/h11-22,26,29-32H,23-25H2,1-10H3,(H,38,39)(H,40,43)(H,41,42)/t29-,30+,31+,32+/m1/s1. The lowest BCUT2D eigenvalue weighted by Crippen LogP contribution is -2.54. The summed E-state index contributed by atoms with van der Waals surface area (Å²) >= 11 is 0. The number of hydrogen-bond donors (Lipinski definition) is 3. The fraction of sp³-hybridized carbons (Fsp3) is 0.541. The van der Waals surface area contributed by atoms with Crippen LogP contribution < -0.4 is 10.6 Å². The van der Waals surface area contributed by atoms with E-state index in [-0.39, 0.29) is 22.9 Å². The molecule has 8 nitrogen and oxygen atoms in total. The van der Waals surface area contributed by atoms with Crippen molar-refractivity contribution in [3.05, 3.63) is 90.0 Å². The zero-order chi connectivity index (χ0) is 34.1. The van der Waals surface area contributed by atoms with Gasteiger partial charge in [-0.1, -0.05) is 95.3 Å². The minimum Gasteiger partial charge on any atom is -0.444 e. The maximum absolute atomic E-state index is 14.3. The predicted molar refractivity (Wildman–Crippen MR) is 188 cm³/mol. The summed E-state index contributed by atoms with van der Waals surface area (Å²) in [5.41, 5.74) is 1.46. The number of amides is 2. The Balaban J connectivity index is 2.06. The van der Waals surface area contributed by atoms with Crippen LogP contribution in [0.2, 0.25) is 18.1 Å². The number of nitrogens with zero attached hydrogens (tertiary/aromatic N) is 1. The number of aromatic amines is 1. The van der Waals surface area contributed by atoms with Crippen LogP contribution in [-0.2, 0) is 26.8 Å². The average molecular weight is 649 g/mol. The molecule has 0 radical (unpaired) electrons. The van der Waals surface area contributed by atoms with Gasteiger partial charge < -0.3 is 24.8 Å². The minimum atomic E-state index is -2.37. The molecule has 0 unspecified atom stereocenters. The van der Waals surface area contributed by atoms with E-state index in [1.807, 2.05) is 57.2 Å². The molecule has 1 aromatic heterocycles. The zero-order valence-electron chi connectivity index (χ0n) is 29.5. The summed E-state index contributed by atoms with van der Waals surface area (Å²) < 4.78 is 12.9. The first-order valence-electron chi connectivity index (χ1n) is 16.5. The van der Waals surface area contributed by atoms with E-state index in [4.69, 9.17) is 9.16 Å². The molecule has 252 valence electrons. The SMILES string of the molecule is CC(C)[C@H](NC(=O)[C@H](Cc1ccccc1)C[C@H](O[Si](C)(C)C(C)(C)C)[C@H](Cc1ccccc1)NC(=O)OC(C)(C)C)c1ncc[nH]1. The summed E-state index contributed by atoms with van der Waals surface area (Å²) in [6, 6.07) is 19.4. The summed E-state index contributed by atoms with van der Waals surface area (Å²) in [6.07, 6.45) is 3.98. The number of aromatic nitrogens is 2. The first kappa shape index (κ1) is 37.0. The van der Waals surface area contributed by atoms with Gasteiger partial charge in [-0.2, -0.15) is 0 Å². The maximum atomic E-state index is 14.3. The van der Waals surface area contributed by atoms with Crippen molar-refractivity contribution in [1.29, 1.82) is 0 Å². The van der Waals surface area contributed by atoms with Gasteiger partial charge in [0.15, 0.2) is 8.32 Å². The van der Waals surface area contributed by atoms with E-state index in [2.05, 4.69) is 92.6 Å². The molecule has 0 aliphatic rings.